The normalized spacial score (nSPS) is 13.1. The molecule has 180 valence electrons. The number of aliphatic carboxylic acids is 1. The second kappa shape index (κ2) is 9.21. The van der Waals surface area contributed by atoms with Crippen molar-refractivity contribution in [2.45, 2.75) is 45.8 Å². The molecule has 4 aromatic rings. The van der Waals surface area contributed by atoms with Crippen LogP contribution in [-0.4, -0.2) is 27.7 Å². The molecule has 1 atom stereocenters. The monoisotopic (exact) mass is 473 g/mol. The third-order valence-corrected chi connectivity index (χ3v) is 5.74. The van der Waals surface area contributed by atoms with Gasteiger partial charge in [0, 0.05) is 23.2 Å². The Kier molecular flexibility index (Phi) is 6.30. The Morgan fingerprint density at radius 1 is 1.09 bits per heavy atom. The number of aryl methyl sites for hydroxylation is 1. The molecule has 8 nitrogen and oxygen atoms in total. The second-order valence-electron chi connectivity index (χ2n) is 9.12. The first-order valence-corrected chi connectivity index (χ1v) is 11.3. The lowest BCUT2D eigenvalue weighted by atomic mass is 9.91. The number of carboxylic acids is 1. The Hall–Kier alpha value is -4.20. The van der Waals surface area contributed by atoms with Crippen LogP contribution in [0, 0.1) is 6.92 Å². The molecular formula is C27H27N3O5. The zero-order valence-electron chi connectivity index (χ0n) is 20.0. The van der Waals surface area contributed by atoms with E-state index in [1.54, 1.807) is 13.8 Å². The Labute approximate surface area is 202 Å². The third kappa shape index (κ3) is 4.87. The smallest absolute Gasteiger partial charge is 0.329 e. The zero-order valence-corrected chi connectivity index (χ0v) is 20.0. The van der Waals surface area contributed by atoms with Crippen LogP contribution in [-0.2, 0) is 11.2 Å². The van der Waals surface area contributed by atoms with E-state index in [2.05, 4.69) is 15.6 Å². The van der Waals surface area contributed by atoms with E-state index in [4.69, 9.17) is 4.74 Å². The van der Waals surface area contributed by atoms with Gasteiger partial charge in [-0.05, 0) is 56.8 Å². The predicted molar refractivity (Wildman–Crippen MR) is 137 cm³/mol. The molecule has 1 aromatic heterocycles. The summed E-state index contributed by atoms with van der Waals surface area (Å²) in [5.41, 5.74) is -0.709. The van der Waals surface area contributed by atoms with Crippen LogP contribution in [0.5, 0.6) is 5.75 Å². The molecule has 0 aliphatic carbocycles. The summed E-state index contributed by atoms with van der Waals surface area (Å²) in [4.78, 5) is 40.7. The maximum Gasteiger partial charge on any atom is 0.329 e. The maximum absolute atomic E-state index is 12.1. The maximum atomic E-state index is 12.1. The number of carboxylic acid groups (broad SMARTS) is 1. The number of hydrogen-bond donors (Lipinski definition) is 3. The molecule has 3 aromatic carbocycles. The summed E-state index contributed by atoms with van der Waals surface area (Å²) < 4.78 is 5.41. The van der Waals surface area contributed by atoms with Crippen LogP contribution in [0.4, 0.5) is 17.2 Å². The summed E-state index contributed by atoms with van der Waals surface area (Å²) in [7, 11) is 0. The summed E-state index contributed by atoms with van der Waals surface area (Å²) in [6.07, 6.45) is -0.247. The summed E-state index contributed by atoms with van der Waals surface area (Å²) >= 11 is 0. The number of anilines is 3. The molecule has 0 aliphatic heterocycles. The lowest BCUT2D eigenvalue weighted by Crippen LogP contribution is -2.50. The molecule has 0 unspecified atom stereocenters. The fourth-order valence-corrected chi connectivity index (χ4v) is 3.96. The highest BCUT2D eigenvalue weighted by molar-refractivity contribution is 5.93. The van der Waals surface area contributed by atoms with Gasteiger partial charge in [-0.1, -0.05) is 36.4 Å². The molecule has 4 rings (SSSR count). The van der Waals surface area contributed by atoms with Crippen molar-refractivity contribution in [1.29, 1.82) is 0 Å². The largest absolute Gasteiger partial charge is 0.485 e. The van der Waals surface area contributed by atoms with Crippen LogP contribution in [0.1, 0.15) is 32.0 Å². The highest BCUT2D eigenvalue weighted by atomic mass is 16.5. The van der Waals surface area contributed by atoms with Gasteiger partial charge in [0.1, 0.15) is 17.0 Å². The van der Waals surface area contributed by atoms with Gasteiger partial charge in [-0.2, -0.15) is 0 Å². The minimum atomic E-state index is -1.53. The number of nitrogens with one attached hydrogen (secondary N) is 2. The lowest BCUT2D eigenvalue weighted by molar-refractivity contribution is -0.141. The van der Waals surface area contributed by atoms with E-state index in [0.29, 0.717) is 0 Å². The number of ether oxygens (including phenoxy) is 1. The molecule has 0 aliphatic rings. The summed E-state index contributed by atoms with van der Waals surface area (Å²) in [5.74, 6) is -0.531. The number of fused-ring (bicyclic) bond motifs is 1. The molecule has 0 bridgehead atoms. The number of benzene rings is 2. The molecule has 35 heavy (non-hydrogen) atoms. The van der Waals surface area contributed by atoms with Crippen molar-refractivity contribution in [3.8, 4) is 5.75 Å². The zero-order chi connectivity index (χ0) is 25.3. The molecule has 8 heteroatoms. The van der Waals surface area contributed by atoms with Crippen molar-refractivity contribution in [3.05, 3.63) is 86.3 Å². The Balaban J connectivity index is 1.54. The van der Waals surface area contributed by atoms with Crippen LogP contribution >= 0.6 is 0 Å². The Morgan fingerprint density at radius 3 is 2.43 bits per heavy atom. The molecule has 1 heterocycles. The number of rotatable bonds is 9. The van der Waals surface area contributed by atoms with Crippen LogP contribution in [0.15, 0.2) is 64.2 Å². The highest BCUT2D eigenvalue weighted by Crippen LogP contribution is 2.28. The lowest BCUT2D eigenvalue weighted by Gasteiger charge is -2.29. The fraction of sp³-hybridized carbons (Fsp3) is 0.259. The number of pyridine rings is 1. The first-order chi connectivity index (χ1) is 16.6. The fourth-order valence-electron chi connectivity index (χ4n) is 3.96. The number of hydrogen-bond acceptors (Lipinski definition) is 7. The first kappa shape index (κ1) is 23.9. The Morgan fingerprint density at radius 2 is 1.77 bits per heavy atom. The van der Waals surface area contributed by atoms with Gasteiger partial charge in [0.25, 0.3) is 10.9 Å². The number of aromatic nitrogens is 1. The molecule has 0 spiro atoms. The van der Waals surface area contributed by atoms with Gasteiger partial charge in [-0.3, -0.25) is 9.59 Å². The van der Waals surface area contributed by atoms with Gasteiger partial charge >= 0.3 is 5.97 Å². The minimum absolute atomic E-state index is 0.0775. The molecule has 0 fully saturated rings. The topological polar surface area (TPSA) is 118 Å². The van der Waals surface area contributed by atoms with Crippen molar-refractivity contribution in [1.82, 2.24) is 4.98 Å². The van der Waals surface area contributed by atoms with Crippen molar-refractivity contribution in [3.63, 3.8) is 0 Å². The van der Waals surface area contributed by atoms with E-state index in [1.165, 1.54) is 6.92 Å². The third-order valence-electron chi connectivity index (χ3n) is 5.74. The number of carbonyl (C=O) groups is 1. The predicted octanol–water partition coefficient (Wildman–Crippen LogP) is 4.17. The van der Waals surface area contributed by atoms with Crippen LogP contribution < -0.4 is 26.2 Å². The molecule has 0 amide bonds. The molecule has 0 radical (unpaired) electrons. The van der Waals surface area contributed by atoms with Crippen LogP contribution in [0.3, 0.4) is 0 Å². The summed E-state index contributed by atoms with van der Waals surface area (Å²) in [6, 6.07) is 17.3. The van der Waals surface area contributed by atoms with Crippen molar-refractivity contribution in [2.75, 3.05) is 10.6 Å². The van der Waals surface area contributed by atoms with E-state index in [9.17, 15) is 19.5 Å². The highest BCUT2D eigenvalue weighted by Gasteiger charge is 2.37. The summed E-state index contributed by atoms with van der Waals surface area (Å²) in [6.45, 7) is 6.86. The average Bonchev–Trinajstić information content (AvgIpc) is 2.82. The van der Waals surface area contributed by atoms with Crippen LogP contribution in [0.2, 0.25) is 0 Å². The van der Waals surface area contributed by atoms with E-state index in [-0.39, 0.29) is 24.0 Å². The quantitative estimate of drug-likeness (QED) is 0.310. The van der Waals surface area contributed by atoms with E-state index in [1.807, 2.05) is 61.5 Å². The molecule has 3 N–H and O–H groups in total. The summed E-state index contributed by atoms with van der Waals surface area (Å²) in [5, 5.41) is 18.1. The van der Waals surface area contributed by atoms with E-state index < -0.39 is 22.4 Å². The minimum Gasteiger partial charge on any atom is -0.485 e. The second-order valence-corrected chi connectivity index (χ2v) is 9.12. The van der Waals surface area contributed by atoms with Gasteiger partial charge in [-0.15, -0.1) is 0 Å². The van der Waals surface area contributed by atoms with E-state index >= 15 is 0 Å². The van der Waals surface area contributed by atoms with Gasteiger partial charge in [0.2, 0.25) is 0 Å². The standard InChI is InChI=1S/C27H27N3O5/c1-15(2)35-24-21(22(31)23(24)32)30-27(4,26(33)34)14-17-9-11-19(12-10-17)29-25-20-8-6-5-7-18(20)13-16(3)28-25/h5-13,15,30H,14H2,1-4H3,(H,28,29)(H,33,34)/t27-/m0/s1. The van der Waals surface area contributed by atoms with Gasteiger partial charge < -0.3 is 20.5 Å². The van der Waals surface area contributed by atoms with Gasteiger partial charge in [0.05, 0.1) is 6.10 Å². The molecule has 0 saturated heterocycles. The van der Waals surface area contributed by atoms with Crippen molar-refractivity contribution >= 4 is 33.9 Å². The first-order valence-electron chi connectivity index (χ1n) is 11.3. The van der Waals surface area contributed by atoms with Gasteiger partial charge in [-0.25, -0.2) is 9.78 Å². The Bertz CT molecular complexity index is 1470. The van der Waals surface area contributed by atoms with Crippen molar-refractivity contribution < 1.29 is 14.6 Å². The SMILES string of the molecule is Cc1cc2ccccc2c(Nc2ccc(C[C@](C)(Nc3c(OC(C)C)c(=O)c3=O)C(=O)O)cc2)n1. The van der Waals surface area contributed by atoms with Crippen LogP contribution in [0.25, 0.3) is 10.8 Å². The number of nitrogens with zero attached hydrogens (tertiary/aromatic N) is 1. The molecule has 0 saturated carbocycles. The van der Waals surface area contributed by atoms with Crippen molar-refractivity contribution in [2.24, 2.45) is 0 Å². The average molecular weight is 474 g/mol. The van der Waals surface area contributed by atoms with E-state index in [0.717, 1.165) is 33.5 Å². The molecular weight excluding hydrogens is 446 g/mol. The van der Waals surface area contributed by atoms with Gasteiger partial charge in [0.15, 0.2) is 5.75 Å².